The van der Waals surface area contributed by atoms with E-state index in [1.807, 2.05) is 41.0 Å². The van der Waals surface area contributed by atoms with E-state index < -0.39 is 0 Å². The molecule has 5 heteroatoms. The average molecular weight is 390 g/mol. The Kier molecular flexibility index (Phi) is 4.64. The molecular weight excluding hydrogens is 364 g/mol. The van der Waals surface area contributed by atoms with Crippen molar-refractivity contribution >= 4 is 0 Å². The first-order valence-electron chi connectivity index (χ1n) is 10.3. The van der Waals surface area contributed by atoms with Gasteiger partial charge >= 0.3 is 0 Å². The Balaban J connectivity index is 1.43. The molecule has 1 fully saturated rings. The van der Waals surface area contributed by atoms with Crippen LogP contribution >= 0.6 is 0 Å². The highest BCUT2D eigenvalue weighted by Gasteiger charge is 2.35. The number of furan rings is 1. The van der Waals surface area contributed by atoms with E-state index in [1.165, 1.54) is 0 Å². The van der Waals surface area contributed by atoms with Crippen LogP contribution in [0.2, 0.25) is 0 Å². The van der Waals surface area contributed by atoms with E-state index in [4.69, 9.17) is 4.42 Å². The van der Waals surface area contributed by atoms with Crippen LogP contribution in [0.3, 0.4) is 0 Å². The summed E-state index contributed by atoms with van der Waals surface area (Å²) in [5, 5.41) is 9.21. The van der Waals surface area contributed by atoms with Crippen LogP contribution in [0, 0.1) is 12.8 Å². The third-order valence-electron chi connectivity index (χ3n) is 6.37. The quantitative estimate of drug-likeness (QED) is 0.740. The number of hydrogen-bond acceptors (Lipinski definition) is 4. The monoisotopic (exact) mass is 390 g/mol. The lowest BCUT2D eigenvalue weighted by Gasteiger charge is -2.42. The van der Waals surface area contributed by atoms with Crippen LogP contribution in [-0.2, 0) is 19.7 Å². The Morgan fingerprint density at radius 1 is 1.00 bits per heavy atom. The van der Waals surface area contributed by atoms with Crippen LogP contribution in [0.4, 0.5) is 0 Å². The lowest BCUT2D eigenvalue weighted by atomic mass is 9.82. The Morgan fingerprint density at radius 3 is 2.62 bits per heavy atom. The van der Waals surface area contributed by atoms with Crippen molar-refractivity contribution in [2.45, 2.75) is 39.0 Å². The summed E-state index contributed by atoms with van der Waals surface area (Å²) < 4.78 is 7.70. The van der Waals surface area contributed by atoms with Gasteiger partial charge in [0, 0.05) is 36.8 Å². The third kappa shape index (κ3) is 3.34. The Bertz CT molecular complexity index is 1100. The summed E-state index contributed by atoms with van der Waals surface area (Å²) in [6.45, 7) is 5.41. The van der Waals surface area contributed by atoms with Gasteiger partial charge in [0.1, 0.15) is 18.1 Å². The molecule has 1 N–H and O–H groups in total. The second-order valence-electron chi connectivity index (χ2n) is 8.42. The molecule has 150 valence electrons. The van der Waals surface area contributed by atoms with Crippen molar-refractivity contribution in [3.05, 3.63) is 81.7 Å². The molecule has 5 rings (SSSR count). The van der Waals surface area contributed by atoms with Crippen LogP contribution in [-0.4, -0.2) is 27.7 Å². The summed E-state index contributed by atoms with van der Waals surface area (Å²) >= 11 is 0. The van der Waals surface area contributed by atoms with Gasteiger partial charge in [0.2, 0.25) is 0 Å². The minimum Gasteiger partial charge on any atom is -0.462 e. The second kappa shape index (κ2) is 7.32. The number of piperidine rings is 1. The summed E-state index contributed by atoms with van der Waals surface area (Å²) in [4.78, 5) is 15.7. The van der Waals surface area contributed by atoms with Crippen molar-refractivity contribution in [2.75, 3.05) is 13.1 Å². The molecule has 2 bridgehead atoms. The average Bonchev–Trinajstić information content (AvgIpc) is 3.17. The number of benzene rings is 1. The molecule has 2 aromatic heterocycles. The van der Waals surface area contributed by atoms with Crippen LogP contribution in [0.5, 0.6) is 0 Å². The molecule has 2 atom stereocenters. The molecule has 4 heterocycles. The van der Waals surface area contributed by atoms with Gasteiger partial charge in [0.25, 0.3) is 5.56 Å². The second-order valence-corrected chi connectivity index (χ2v) is 8.42. The molecular formula is C24H26N2O3. The minimum absolute atomic E-state index is 0.0647. The van der Waals surface area contributed by atoms with Crippen molar-refractivity contribution in [1.82, 2.24) is 9.47 Å². The highest BCUT2D eigenvalue weighted by Crippen LogP contribution is 2.36. The summed E-state index contributed by atoms with van der Waals surface area (Å²) in [6.07, 6.45) is 1.14. The smallest absolute Gasteiger partial charge is 0.258 e. The van der Waals surface area contributed by atoms with Gasteiger partial charge < -0.3 is 14.1 Å². The van der Waals surface area contributed by atoms with Crippen LogP contribution in [0.1, 0.15) is 35.1 Å². The number of aliphatic hydroxyl groups is 1. The SMILES string of the molecule is Cc1ccccc1-c1ccc2n(c1=O)C[C@H]1C[C@@H]2CN(Cc2ccc(CO)o2)C1. The van der Waals surface area contributed by atoms with Gasteiger partial charge in [-0.2, -0.15) is 0 Å². The number of nitrogens with zero attached hydrogens (tertiary/aromatic N) is 2. The molecule has 0 aliphatic carbocycles. The highest BCUT2D eigenvalue weighted by atomic mass is 16.4. The number of hydrogen-bond donors (Lipinski definition) is 1. The van der Waals surface area contributed by atoms with Crippen LogP contribution in [0.15, 0.2) is 57.7 Å². The molecule has 0 saturated carbocycles. The molecule has 5 nitrogen and oxygen atoms in total. The number of aromatic nitrogens is 1. The Morgan fingerprint density at radius 2 is 1.83 bits per heavy atom. The molecule has 0 amide bonds. The zero-order chi connectivity index (χ0) is 20.0. The first-order chi connectivity index (χ1) is 14.1. The van der Waals surface area contributed by atoms with Gasteiger partial charge in [0.15, 0.2) is 0 Å². The van der Waals surface area contributed by atoms with Crippen molar-refractivity contribution in [3.8, 4) is 11.1 Å². The largest absolute Gasteiger partial charge is 0.462 e. The van der Waals surface area contributed by atoms with E-state index in [9.17, 15) is 9.90 Å². The van der Waals surface area contributed by atoms with Crippen molar-refractivity contribution < 1.29 is 9.52 Å². The van der Waals surface area contributed by atoms with Crippen LogP contribution in [0.25, 0.3) is 11.1 Å². The maximum atomic E-state index is 13.3. The number of fused-ring (bicyclic) bond motifs is 4. The lowest BCUT2D eigenvalue weighted by Crippen LogP contribution is -2.46. The molecule has 3 aromatic rings. The van der Waals surface area contributed by atoms with E-state index in [0.29, 0.717) is 17.6 Å². The van der Waals surface area contributed by atoms with Gasteiger partial charge in [0.05, 0.1) is 6.54 Å². The molecule has 0 spiro atoms. The molecule has 1 saturated heterocycles. The van der Waals surface area contributed by atoms with Gasteiger partial charge in [-0.3, -0.25) is 9.69 Å². The predicted octanol–water partition coefficient (Wildman–Crippen LogP) is 3.53. The van der Waals surface area contributed by atoms with E-state index in [-0.39, 0.29) is 12.2 Å². The number of likely N-dealkylation sites (tertiary alicyclic amines) is 1. The Labute approximate surface area is 170 Å². The van der Waals surface area contributed by atoms with E-state index in [0.717, 1.165) is 60.7 Å². The first-order valence-corrected chi connectivity index (χ1v) is 10.3. The van der Waals surface area contributed by atoms with Gasteiger partial charge in [-0.15, -0.1) is 0 Å². The van der Waals surface area contributed by atoms with E-state index in [1.54, 1.807) is 0 Å². The fourth-order valence-electron chi connectivity index (χ4n) is 5.07. The molecule has 2 aliphatic heterocycles. The van der Waals surface area contributed by atoms with Crippen molar-refractivity contribution in [2.24, 2.45) is 5.92 Å². The third-order valence-corrected chi connectivity index (χ3v) is 6.37. The fourth-order valence-corrected chi connectivity index (χ4v) is 5.07. The van der Waals surface area contributed by atoms with E-state index >= 15 is 0 Å². The maximum absolute atomic E-state index is 13.3. The van der Waals surface area contributed by atoms with Gasteiger partial charge in [-0.05, 0) is 54.7 Å². The zero-order valence-electron chi connectivity index (χ0n) is 16.7. The summed E-state index contributed by atoms with van der Waals surface area (Å²) in [6, 6.07) is 16.0. The van der Waals surface area contributed by atoms with Gasteiger partial charge in [-0.1, -0.05) is 24.3 Å². The number of rotatable bonds is 4. The van der Waals surface area contributed by atoms with Crippen molar-refractivity contribution in [3.63, 3.8) is 0 Å². The molecule has 0 radical (unpaired) electrons. The van der Waals surface area contributed by atoms with E-state index in [2.05, 4.69) is 24.0 Å². The van der Waals surface area contributed by atoms with Crippen LogP contribution < -0.4 is 5.56 Å². The Hall–Kier alpha value is -2.63. The van der Waals surface area contributed by atoms with Crippen molar-refractivity contribution in [1.29, 1.82) is 0 Å². The fraction of sp³-hybridized carbons (Fsp3) is 0.375. The zero-order valence-corrected chi connectivity index (χ0v) is 16.7. The molecule has 29 heavy (non-hydrogen) atoms. The maximum Gasteiger partial charge on any atom is 0.258 e. The van der Waals surface area contributed by atoms with Gasteiger partial charge in [-0.25, -0.2) is 0 Å². The predicted molar refractivity (Wildman–Crippen MR) is 112 cm³/mol. The molecule has 1 aromatic carbocycles. The summed E-state index contributed by atoms with van der Waals surface area (Å²) in [5.74, 6) is 2.34. The summed E-state index contributed by atoms with van der Waals surface area (Å²) in [5.41, 5.74) is 4.26. The first kappa shape index (κ1) is 18.4. The standard InChI is InChI=1S/C24H26N2O3/c1-16-4-2-3-5-21(16)22-8-9-23-18-10-17(12-26(23)24(22)28)11-25(13-18)14-19-6-7-20(15-27)29-19/h2-9,17-18,27H,10-15H2,1H3/t17-,18+/m0/s1. The normalized spacial score (nSPS) is 21.2. The molecule has 2 aliphatic rings. The topological polar surface area (TPSA) is 58.6 Å². The number of aryl methyl sites for hydroxylation is 1. The minimum atomic E-state index is -0.0647. The number of pyridine rings is 1. The lowest BCUT2D eigenvalue weighted by molar-refractivity contribution is 0.106. The highest BCUT2D eigenvalue weighted by molar-refractivity contribution is 5.66. The number of aliphatic hydroxyl groups excluding tert-OH is 1. The molecule has 0 unspecified atom stereocenters. The summed E-state index contributed by atoms with van der Waals surface area (Å²) in [7, 11) is 0.